The van der Waals surface area contributed by atoms with Crippen molar-refractivity contribution < 1.29 is 4.74 Å². The first-order valence-corrected chi connectivity index (χ1v) is 3.39. The molecule has 1 radical (unpaired) electrons. The van der Waals surface area contributed by atoms with E-state index in [0.29, 0.717) is 5.75 Å². The van der Waals surface area contributed by atoms with Crippen LogP contribution in [-0.2, 0) is 0 Å². The highest BCUT2D eigenvalue weighted by atomic mass is 16.5. The van der Waals surface area contributed by atoms with Crippen molar-refractivity contribution in [3.05, 3.63) is 24.3 Å². The second-order valence-corrected chi connectivity index (χ2v) is 2.18. The van der Waals surface area contributed by atoms with Gasteiger partial charge in [0.1, 0.15) is 5.75 Å². The van der Waals surface area contributed by atoms with Crippen LogP contribution in [0.15, 0.2) is 18.2 Å². The maximum Gasteiger partial charge on any atom is 0.190 e. The summed E-state index contributed by atoms with van der Waals surface area (Å²) in [5, 5.41) is 9.62. The van der Waals surface area contributed by atoms with Gasteiger partial charge >= 0.3 is 0 Å². The first kappa shape index (κ1) is 8.39. The first-order chi connectivity index (χ1) is 5.72. The summed E-state index contributed by atoms with van der Waals surface area (Å²) < 4.78 is 4.93. The Morgan fingerprint density at radius 1 is 1.75 bits per heavy atom. The lowest BCUT2D eigenvalue weighted by Crippen LogP contribution is -2.20. The van der Waals surface area contributed by atoms with Gasteiger partial charge in [-0.15, -0.1) is 0 Å². The third-order valence-electron chi connectivity index (χ3n) is 1.27. The van der Waals surface area contributed by atoms with Gasteiger partial charge < -0.3 is 15.8 Å². The van der Waals surface area contributed by atoms with Gasteiger partial charge in [-0.3, -0.25) is 5.41 Å². The summed E-state index contributed by atoms with van der Waals surface area (Å²) >= 11 is 0. The largest absolute Gasteiger partial charge is 0.496 e. The molecule has 0 amide bonds. The minimum Gasteiger partial charge on any atom is -0.496 e. The molecule has 0 aliphatic rings. The minimum atomic E-state index is -0.0942. The molecule has 0 atom stereocenters. The zero-order valence-electron chi connectivity index (χ0n) is 6.72. The molecule has 0 bridgehead atoms. The highest BCUT2D eigenvalue weighted by molar-refractivity contribution is 5.89. The van der Waals surface area contributed by atoms with E-state index in [2.05, 4.69) is 11.4 Å². The fourth-order valence-corrected chi connectivity index (χ4v) is 0.796. The van der Waals surface area contributed by atoms with Crippen LogP contribution in [0.4, 0.5) is 5.69 Å². The van der Waals surface area contributed by atoms with Gasteiger partial charge in [-0.2, -0.15) is 0 Å². The van der Waals surface area contributed by atoms with Gasteiger partial charge in [0.2, 0.25) is 0 Å². The molecule has 0 saturated heterocycles. The Kier molecular flexibility index (Phi) is 2.53. The maximum atomic E-state index is 6.97. The predicted octanol–water partition coefficient (Wildman–Crippen LogP) is 0.801. The summed E-state index contributed by atoms with van der Waals surface area (Å²) in [4.78, 5) is 0. The Hall–Kier alpha value is -1.71. The number of rotatable bonds is 2. The van der Waals surface area contributed by atoms with Gasteiger partial charge in [0, 0.05) is 17.8 Å². The van der Waals surface area contributed by atoms with Crippen molar-refractivity contribution in [2.45, 2.75) is 0 Å². The van der Waals surface area contributed by atoms with Crippen molar-refractivity contribution in [2.75, 3.05) is 12.4 Å². The third-order valence-corrected chi connectivity index (χ3v) is 1.27. The highest BCUT2D eigenvalue weighted by Crippen LogP contribution is 2.15. The summed E-state index contributed by atoms with van der Waals surface area (Å²) in [6.45, 7) is 0. The Morgan fingerprint density at radius 2 is 2.50 bits per heavy atom. The second kappa shape index (κ2) is 3.61. The molecule has 4 N–H and O–H groups in total. The lowest BCUT2D eigenvalue weighted by atomic mass is 10.3. The van der Waals surface area contributed by atoms with Crippen molar-refractivity contribution in [1.82, 2.24) is 0 Å². The number of benzene rings is 1. The van der Waals surface area contributed by atoms with E-state index in [4.69, 9.17) is 15.9 Å². The Bertz CT molecular complexity index is 285. The Balaban J connectivity index is 2.79. The smallest absolute Gasteiger partial charge is 0.190 e. The van der Waals surface area contributed by atoms with Gasteiger partial charge in [0.15, 0.2) is 5.96 Å². The third kappa shape index (κ3) is 2.16. The second-order valence-electron chi connectivity index (χ2n) is 2.18. The van der Waals surface area contributed by atoms with Crippen molar-refractivity contribution in [3.8, 4) is 5.75 Å². The van der Waals surface area contributed by atoms with E-state index in [0.717, 1.165) is 5.69 Å². The fourth-order valence-electron chi connectivity index (χ4n) is 0.796. The summed E-state index contributed by atoms with van der Waals surface area (Å²) in [7, 11) is 1.56. The predicted molar refractivity (Wildman–Crippen MR) is 47.4 cm³/mol. The molecular weight excluding hydrogens is 154 g/mol. The quantitative estimate of drug-likeness (QED) is 0.447. The van der Waals surface area contributed by atoms with E-state index >= 15 is 0 Å². The molecule has 1 rings (SSSR count). The molecule has 1 aromatic rings. The van der Waals surface area contributed by atoms with Crippen LogP contribution in [0.2, 0.25) is 0 Å². The van der Waals surface area contributed by atoms with Gasteiger partial charge in [-0.05, 0) is 12.1 Å². The zero-order valence-corrected chi connectivity index (χ0v) is 6.72. The van der Waals surface area contributed by atoms with Crippen LogP contribution in [0.5, 0.6) is 5.75 Å². The van der Waals surface area contributed by atoms with Gasteiger partial charge in [-0.25, -0.2) is 0 Å². The highest BCUT2D eigenvalue weighted by Gasteiger charge is 1.95. The average Bonchev–Trinajstić information content (AvgIpc) is 2.03. The van der Waals surface area contributed by atoms with Crippen LogP contribution in [0.1, 0.15) is 0 Å². The van der Waals surface area contributed by atoms with E-state index < -0.39 is 0 Å². The fraction of sp³-hybridized carbons (Fsp3) is 0.125. The standard InChI is InChI=1S/C8H10N3O/c1-12-7-4-2-3-6(5-7)11-8(9)10/h2-3,5H,1H3,(H4,9,10,11). The van der Waals surface area contributed by atoms with Crippen LogP contribution < -0.4 is 15.8 Å². The van der Waals surface area contributed by atoms with Crippen LogP contribution >= 0.6 is 0 Å². The van der Waals surface area contributed by atoms with Gasteiger partial charge in [0.25, 0.3) is 0 Å². The molecular formula is C8H10N3O. The number of guanidine groups is 1. The molecule has 1 aromatic carbocycles. The van der Waals surface area contributed by atoms with Crippen molar-refractivity contribution in [2.24, 2.45) is 5.73 Å². The normalized spacial score (nSPS) is 9.08. The number of anilines is 1. The molecule has 4 heteroatoms. The monoisotopic (exact) mass is 164 g/mol. The minimum absolute atomic E-state index is 0.0942. The molecule has 12 heavy (non-hydrogen) atoms. The molecule has 0 heterocycles. The van der Waals surface area contributed by atoms with Gasteiger partial charge in [-0.1, -0.05) is 0 Å². The molecule has 0 unspecified atom stereocenters. The molecule has 63 valence electrons. The molecule has 0 aliphatic heterocycles. The summed E-state index contributed by atoms with van der Waals surface area (Å²) in [6, 6.07) is 8.02. The summed E-state index contributed by atoms with van der Waals surface area (Å²) in [6.07, 6.45) is 0. The first-order valence-electron chi connectivity index (χ1n) is 3.39. The van der Waals surface area contributed by atoms with Crippen molar-refractivity contribution in [3.63, 3.8) is 0 Å². The number of nitrogens with two attached hydrogens (primary N) is 1. The summed E-state index contributed by atoms with van der Waals surface area (Å²) in [5.74, 6) is 0.518. The molecule has 0 fully saturated rings. The van der Waals surface area contributed by atoms with Crippen LogP contribution in [0.25, 0.3) is 0 Å². The Morgan fingerprint density at radius 3 is 3.08 bits per heavy atom. The van der Waals surface area contributed by atoms with Crippen molar-refractivity contribution in [1.29, 1.82) is 5.41 Å². The van der Waals surface area contributed by atoms with Crippen LogP contribution in [-0.4, -0.2) is 13.1 Å². The topological polar surface area (TPSA) is 71.1 Å². The van der Waals surface area contributed by atoms with E-state index in [9.17, 15) is 0 Å². The molecule has 0 aliphatic carbocycles. The zero-order chi connectivity index (χ0) is 8.97. The molecule has 4 nitrogen and oxygen atoms in total. The van der Waals surface area contributed by atoms with E-state index in [1.54, 1.807) is 25.3 Å². The Labute approximate surface area is 70.8 Å². The molecule has 0 aromatic heterocycles. The van der Waals surface area contributed by atoms with Gasteiger partial charge in [0.05, 0.1) is 7.11 Å². The number of hydrogen-bond donors (Lipinski definition) is 3. The lowest BCUT2D eigenvalue weighted by molar-refractivity contribution is 0.414. The average molecular weight is 164 g/mol. The number of hydrogen-bond acceptors (Lipinski definition) is 2. The van der Waals surface area contributed by atoms with E-state index in [1.165, 1.54) is 0 Å². The van der Waals surface area contributed by atoms with Crippen LogP contribution in [0.3, 0.4) is 0 Å². The molecule has 0 spiro atoms. The number of ether oxygens (including phenoxy) is 1. The number of nitrogens with one attached hydrogen (secondary N) is 2. The summed E-state index contributed by atoms with van der Waals surface area (Å²) in [5.41, 5.74) is 5.86. The maximum absolute atomic E-state index is 6.97. The number of methoxy groups -OCH3 is 1. The van der Waals surface area contributed by atoms with Crippen LogP contribution in [0, 0.1) is 11.5 Å². The lowest BCUT2D eigenvalue weighted by Gasteiger charge is -2.04. The van der Waals surface area contributed by atoms with E-state index in [1.807, 2.05) is 0 Å². The van der Waals surface area contributed by atoms with Crippen molar-refractivity contribution >= 4 is 11.6 Å². The SMILES string of the molecule is COc1[c]ccc(NC(=N)N)c1. The van der Waals surface area contributed by atoms with E-state index in [-0.39, 0.29) is 5.96 Å². The molecule has 0 saturated carbocycles.